The number of carbonyl (C=O) groups is 2. The molecule has 0 saturated carbocycles. The molecule has 1 aromatic rings. The molecule has 150 valence electrons. The second kappa shape index (κ2) is 7.51. The lowest BCUT2D eigenvalue weighted by Crippen LogP contribution is -2.53. The summed E-state index contributed by atoms with van der Waals surface area (Å²) in [6.07, 6.45) is 3.11. The largest absolute Gasteiger partial charge is 0.507 e. The molecule has 5 nitrogen and oxygen atoms in total. The van der Waals surface area contributed by atoms with Gasteiger partial charge in [-0.15, -0.1) is 6.58 Å². The zero-order valence-corrected chi connectivity index (χ0v) is 18.2. The van der Waals surface area contributed by atoms with Gasteiger partial charge in [-0.25, -0.2) is 0 Å². The Hall–Kier alpha value is -2.47. The van der Waals surface area contributed by atoms with Crippen LogP contribution in [0.25, 0.3) is 6.08 Å². The van der Waals surface area contributed by atoms with Crippen LogP contribution in [0, 0.1) is 0 Å². The Bertz CT molecular complexity index is 851. The van der Waals surface area contributed by atoms with Gasteiger partial charge in [-0.3, -0.25) is 19.8 Å². The number of hydrogen-bond acceptors (Lipinski definition) is 4. The van der Waals surface area contributed by atoms with Crippen molar-refractivity contribution in [3.63, 3.8) is 0 Å². The van der Waals surface area contributed by atoms with Gasteiger partial charge in [0.2, 0.25) is 0 Å². The summed E-state index contributed by atoms with van der Waals surface area (Å²) in [5, 5.41) is 13.5. The minimum Gasteiger partial charge on any atom is -0.507 e. The number of phenolic OH excluding ortho intramolecular Hbond substituents is 1. The van der Waals surface area contributed by atoms with Crippen LogP contribution in [-0.4, -0.2) is 33.5 Å². The molecule has 0 aromatic heterocycles. The fourth-order valence-corrected chi connectivity index (χ4v) is 3.29. The van der Waals surface area contributed by atoms with Crippen LogP contribution < -0.4 is 5.32 Å². The summed E-state index contributed by atoms with van der Waals surface area (Å²) in [6, 6.07) is 3.64. The van der Waals surface area contributed by atoms with Gasteiger partial charge in [-0.2, -0.15) is 0 Å². The molecule has 1 aromatic carbocycles. The third-order valence-electron chi connectivity index (χ3n) is 4.56. The first-order valence-electron chi connectivity index (χ1n) is 9.15. The van der Waals surface area contributed by atoms with E-state index < -0.39 is 11.8 Å². The average molecular weight is 401 g/mol. The van der Waals surface area contributed by atoms with Crippen LogP contribution in [0.1, 0.15) is 58.2 Å². The van der Waals surface area contributed by atoms with Crippen molar-refractivity contribution in [1.82, 2.24) is 10.2 Å². The molecule has 0 radical (unpaired) electrons. The highest BCUT2D eigenvalue weighted by atomic mass is 32.1. The van der Waals surface area contributed by atoms with Gasteiger partial charge in [0.25, 0.3) is 11.8 Å². The lowest BCUT2D eigenvalue weighted by Gasteiger charge is -2.29. The molecule has 2 rings (SSSR count). The van der Waals surface area contributed by atoms with E-state index in [1.54, 1.807) is 12.2 Å². The van der Waals surface area contributed by atoms with Crippen molar-refractivity contribution in [3.8, 4) is 5.75 Å². The summed E-state index contributed by atoms with van der Waals surface area (Å²) in [6.45, 7) is 15.9. The minimum atomic E-state index is -0.530. The number of aromatic hydroxyl groups is 1. The van der Waals surface area contributed by atoms with Crippen LogP contribution in [0.2, 0.25) is 0 Å². The number of nitrogens with zero attached hydrogens (tertiary/aromatic N) is 1. The minimum absolute atomic E-state index is 0.000795. The Morgan fingerprint density at radius 1 is 1.11 bits per heavy atom. The molecule has 0 bridgehead atoms. The molecule has 1 aliphatic heterocycles. The summed E-state index contributed by atoms with van der Waals surface area (Å²) in [7, 11) is 0. The van der Waals surface area contributed by atoms with E-state index in [1.165, 1.54) is 4.90 Å². The van der Waals surface area contributed by atoms with Crippen molar-refractivity contribution in [3.05, 3.63) is 47.1 Å². The number of phenols is 1. The molecular weight excluding hydrogens is 372 g/mol. The Kier molecular flexibility index (Phi) is 5.85. The number of amides is 2. The summed E-state index contributed by atoms with van der Waals surface area (Å²) >= 11 is 5.09. The molecule has 1 saturated heterocycles. The average Bonchev–Trinajstić information content (AvgIpc) is 2.54. The molecule has 1 aliphatic rings. The van der Waals surface area contributed by atoms with Gasteiger partial charge >= 0.3 is 0 Å². The van der Waals surface area contributed by atoms with Gasteiger partial charge in [0.05, 0.1) is 0 Å². The fourth-order valence-electron chi connectivity index (χ4n) is 3.04. The highest BCUT2D eigenvalue weighted by molar-refractivity contribution is 7.80. The van der Waals surface area contributed by atoms with Crippen LogP contribution in [0.4, 0.5) is 0 Å². The molecule has 0 spiro atoms. The molecule has 0 aliphatic carbocycles. The summed E-state index contributed by atoms with van der Waals surface area (Å²) in [5.74, 6) is -0.745. The van der Waals surface area contributed by atoms with Crippen molar-refractivity contribution in [2.24, 2.45) is 0 Å². The molecule has 6 heteroatoms. The molecule has 2 N–H and O–H groups in total. The number of rotatable bonds is 3. The summed E-state index contributed by atoms with van der Waals surface area (Å²) in [5.41, 5.74) is 1.57. The molecule has 28 heavy (non-hydrogen) atoms. The zero-order valence-electron chi connectivity index (χ0n) is 17.3. The van der Waals surface area contributed by atoms with Crippen LogP contribution in [0.3, 0.4) is 0 Å². The number of benzene rings is 1. The lowest BCUT2D eigenvalue weighted by molar-refractivity contribution is -0.128. The number of hydrogen-bond donors (Lipinski definition) is 2. The topological polar surface area (TPSA) is 69.6 Å². The maximum atomic E-state index is 12.8. The van der Waals surface area contributed by atoms with E-state index in [4.69, 9.17) is 12.2 Å². The van der Waals surface area contributed by atoms with E-state index in [-0.39, 0.29) is 33.8 Å². The summed E-state index contributed by atoms with van der Waals surface area (Å²) in [4.78, 5) is 26.5. The van der Waals surface area contributed by atoms with E-state index in [0.717, 1.165) is 11.1 Å². The predicted molar refractivity (Wildman–Crippen MR) is 116 cm³/mol. The van der Waals surface area contributed by atoms with Crippen molar-refractivity contribution in [1.29, 1.82) is 0 Å². The smallest absolute Gasteiger partial charge is 0.265 e. The van der Waals surface area contributed by atoms with Crippen LogP contribution in [0.15, 0.2) is 30.4 Å². The Morgan fingerprint density at radius 3 is 2.04 bits per heavy atom. The van der Waals surface area contributed by atoms with Gasteiger partial charge in [0.15, 0.2) is 5.11 Å². The maximum absolute atomic E-state index is 12.8. The van der Waals surface area contributed by atoms with Gasteiger partial charge in [0.1, 0.15) is 11.3 Å². The monoisotopic (exact) mass is 400 g/mol. The Balaban J connectivity index is 2.67. The molecule has 0 unspecified atom stereocenters. The van der Waals surface area contributed by atoms with E-state index >= 15 is 0 Å². The molecule has 1 fully saturated rings. The van der Waals surface area contributed by atoms with Crippen LogP contribution in [0.5, 0.6) is 5.75 Å². The van der Waals surface area contributed by atoms with Crippen LogP contribution >= 0.6 is 12.2 Å². The second-order valence-electron chi connectivity index (χ2n) is 8.99. The molecule has 2 amide bonds. The highest BCUT2D eigenvalue weighted by Crippen LogP contribution is 2.40. The lowest BCUT2D eigenvalue weighted by atomic mass is 9.78. The SMILES string of the molecule is C=CCN1C(=O)/C(=C\c2cc(C(C)(C)C)c(O)c(C(C)(C)C)c2)C(=O)NC1=S. The van der Waals surface area contributed by atoms with E-state index in [9.17, 15) is 14.7 Å². The number of thiocarbonyl (C=S) groups is 1. The highest BCUT2D eigenvalue weighted by Gasteiger charge is 2.33. The van der Waals surface area contributed by atoms with Crippen molar-refractivity contribution in [2.45, 2.75) is 52.4 Å². The number of carbonyl (C=O) groups excluding carboxylic acids is 2. The number of nitrogens with one attached hydrogen (secondary N) is 1. The van der Waals surface area contributed by atoms with E-state index in [1.807, 2.05) is 53.7 Å². The third kappa shape index (κ3) is 4.33. The summed E-state index contributed by atoms with van der Waals surface area (Å²) < 4.78 is 0. The third-order valence-corrected chi connectivity index (χ3v) is 4.88. The Labute approximate surface area is 172 Å². The van der Waals surface area contributed by atoms with E-state index in [2.05, 4.69) is 11.9 Å². The normalized spacial score (nSPS) is 17.1. The predicted octanol–water partition coefficient (Wildman–Crippen LogP) is 3.80. The second-order valence-corrected chi connectivity index (χ2v) is 9.37. The standard InChI is InChI=1S/C22H28N2O3S/c1-8-9-24-19(27)14(18(26)23-20(24)28)10-13-11-15(21(2,3)4)17(25)16(12-13)22(5,6)7/h8,10-12,25H,1,9H2,2-7H3,(H,23,26,28)/b14-10-. The van der Waals surface area contributed by atoms with Crippen LogP contribution in [-0.2, 0) is 20.4 Å². The van der Waals surface area contributed by atoms with Crippen molar-refractivity contribution >= 4 is 35.2 Å². The first-order chi connectivity index (χ1) is 12.8. The quantitative estimate of drug-likeness (QED) is 0.350. The molecule has 0 atom stereocenters. The van der Waals surface area contributed by atoms with E-state index in [0.29, 0.717) is 5.56 Å². The van der Waals surface area contributed by atoms with Crippen molar-refractivity contribution < 1.29 is 14.7 Å². The first-order valence-corrected chi connectivity index (χ1v) is 9.56. The van der Waals surface area contributed by atoms with Gasteiger partial charge < -0.3 is 5.11 Å². The van der Waals surface area contributed by atoms with Crippen molar-refractivity contribution in [2.75, 3.05) is 6.54 Å². The Morgan fingerprint density at radius 2 is 1.61 bits per heavy atom. The zero-order chi connectivity index (χ0) is 21.4. The maximum Gasteiger partial charge on any atom is 0.265 e. The van der Waals surface area contributed by atoms with Gasteiger partial charge in [-0.05, 0) is 46.8 Å². The fraction of sp³-hybridized carbons (Fsp3) is 0.409. The van der Waals surface area contributed by atoms with Gasteiger partial charge in [0, 0.05) is 17.7 Å². The molecular formula is C22H28N2O3S. The first kappa shape index (κ1) is 21.8. The molecule has 1 heterocycles. The van der Waals surface area contributed by atoms with Gasteiger partial charge in [-0.1, -0.05) is 47.6 Å².